The number of carbonyl (C=O) groups is 3. The zero-order chi connectivity index (χ0) is 19.9. The minimum absolute atomic E-state index is 0.0452. The van der Waals surface area contributed by atoms with Crippen LogP contribution in [0, 0.1) is 11.6 Å². The highest BCUT2D eigenvalue weighted by Crippen LogP contribution is 2.11. The van der Waals surface area contributed by atoms with Gasteiger partial charge in [0.05, 0.1) is 6.42 Å². The average Bonchev–Trinajstić information content (AvgIpc) is 2.53. The van der Waals surface area contributed by atoms with E-state index in [4.69, 9.17) is 11.5 Å². The third-order valence-electron chi connectivity index (χ3n) is 3.54. The number of halogens is 2. The van der Waals surface area contributed by atoms with Crippen molar-refractivity contribution < 1.29 is 23.2 Å². The van der Waals surface area contributed by atoms with E-state index in [0.29, 0.717) is 12.5 Å². The maximum atomic E-state index is 13.6. The number of benzene rings is 1. The van der Waals surface area contributed by atoms with Gasteiger partial charge in [-0.15, -0.1) is 0 Å². The Morgan fingerprint density at radius 2 is 1.88 bits per heavy atom. The molecule has 0 unspecified atom stereocenters. The molecule has 0 radical (unpaired) electrons. The molecule has 5 N–H and O–H groups in total. The molecule has 0 aromatic heterocycles. The van der Waals surface area contributed by atoms with Crippen LogP contribution in [-0.4, -0.2) is 35.5 Å². The van der Waals surface area contributed by atoms with E-state index in [1.807, 2.05) is 0 Å². The Balaban J connectivity index is 2.97. The Hall–Kier alpha value is -2.68. The fraction of sp³-hybridized carbons (Fsp3) is 0.412. The molecule has 0 atom stereocenters. The first-order valence-electron chi connectivity index (χ1n) is 7.93. The molecule has 3 amide bonds. The van der Waals surface area contributed by atoms with Gasteiger partial charge in [0.15, 0.2) is 0 Å². The second-order valence-electron chi connectivity index (χ2n) is 6.20. The number of hydrogen-bond acceptors (Lipinski definition) is 4. The number of nitrogens with one attached hydrogen (secondary N) is 1. The average molecular weight is 368 g/mol. The number of nitrogens with zero attached hydrogens (tertiary/aromatic N) is 1. The standard InChI is InChI=1S/C17H22F2N4O3/c1-17(2,16(21)26)23-15(25)13(4-3-7-20)22-14(24)8-10-5-6-11(18)9-12(10)19/h5-6,9H,3-4,7-8,20H2,1-2H3,(H2,21,26)(H,23,25)/b22-13+. The second-order valence-corrected chi connectivity index (χ2v) is 6.20. The summed E-state index contributed by atoms with van der Waals surface area (Å²) in [5.74, 6) is -3.93. The van der Waals surface area contributed by atoms with E-state index in [0.717, 1.165) is 12.1 Å². The highest BCUT2D eigenvalue weighted by molar-refractivity contribution is 6.40. The molecule has 0 heterocycles. The van der Waals surface area contributed by atoms with Gasteiger partial charge in [0.2, 0.25) is 5.91 Å². The minimum Gasteiger partial charge on any atom is -0.368 e. The van der Waals surface area contributed by atoms with Crippen LogP contribution in [-0.2, 0) is 20.8 Å². The maximum absolute atomic E-state index is 13.6. The summed E-state index contributed by atoms with van der Waals surface area (Å²) < 4.78 is 26.5. The first kappa shape index (κ1) is 21.4. The van der Waals surface area contributed by atoms with Gasteiger partial charge >= 0.3 is 0 Å². The van der Waals surface area contributed by atoms with E-state index < -0.39 is 41.3 Å². The van der Waals surface area contributed by atoms with Crippen LogP contribution >= 0.6 is 0 Å². The second kappa shape index (κ2) is 9.14. The van der Waals surface area contributed by atoms with E-state index in [1.54, 1.807) is 0 Å². The number of primary amides is 1. The Morgan fingerprint density at radius 3 is 2.42 bits per heavy atom. The number of hydrogen-bond donors (Lipinski definition) is 3. The summed E-state index contributed by atoms with van der Waals surface area (Å²) in [6.07, 6.45) is 0.0288. The van der Waals surface area contributed by atoms with Gasteiger partial charge < -0.3 is 16.8 Å². The molecular weight excluding hydrogens is 346 g/mol. The topological polar surface area (TPSA) is 128 Å². The van der Waals surface area contributed by atoms with Crippen LogP contribution in [0.25, 0.3) is 0 Å². The molecule has 1 rings (SSSR count). The van der Waals surface area contributed by atoms with Gasteiger partial charge in [0.1, 0.15) is 22.9 Å². The molecule has 0 spiro atoms. The van der Waals surface area contributed by atoms with Crippen molar-refractivity contribution in [2.75, 3.05) is 6.54 Å². The van der Waals surface area contributed by atoms with Crippen molar-refractivity contribution in [1.29, 1.82) is 0 Å². The van der Waals surface area contributed by atoms with Crippen molar-refractivity contribution in [2.24, 2.45) is 16.5 Å². The zero-order valence-electron chi connectivity index (χ0n) is 14.6. The molecule has 0 saturated heterocycles. The summed E-state index contributed by atoms with van der Waals surface area (Å²) in [4.78, 5) is 39.4. The minimum atomic E-state index is -1.34. The summed E-state index contributed by atoms with van der Waals surface area (Å²) in [6.45, 7) is 3.07. The molecule has 0 aliphatic rings. The summed E-state index contributed by atoms with van der Waals surface area (Å²) >= 11 is 0. The molecule has 7 nitrogen and oxygen atoms in total. The lowest BCUT2D eigenvalue weighted by Crippen LogP contribution is -2.54. The van der Waals surface area contributed by atoms with Crippen molar-refractivity contribution in [3.05, 3.63) is 35.4 Å². The lowest BCUT2D eigenvalue weighted by molar-refractivity contribution is -0.127. The highest BCUT2D eigenvalue weighted by atomic mass is 19.1. The molecule has 142 valence electrons. The van der Waals surface area contributed by atoms with Crippen molar-refractivity contribution >= 4 is 23.4 Å². The predicted octanol–water partition coefficient (Wildman–Crippen LogP) is 0.594. The SMILES string of the molecule is CC(C)(NC(=O)/C(CCCN)=N/C(=O)Cc1ccc(F)cc1F)C(N)=O. The monoisotopic (exact) mass is 368 g/mol. The van der Waals surface area contributed by atoms with E-state index >= 15 is 0 Å². The van der Waals surface area contributed by atoms with Crippen molar-refractivity contribution in [3.8, 4) is 0 Å². The third-order valence-corrected chi connectivity index (χ3v) is 3.54. The van der Waals surface area contributed by atoms with Crippen LogP contribution in [0.3, 0.4) is 0 Å². The van der Waals surface area contributed by atoms with Crippen LogP contribution in [0.5, 0.6) is 0 Å². The first-order chi connectivity index (χ1) is 12.1. The van der Waals surface area contributed by atoms with Gasteiger partial charge in [-0.2, -0.15) is 0 Å². The van der Waals surface area contributed by atoms with Gasteiger partial charge in [0, 0.05) is 6.07 Å². The third kappa shape index (κ3) is 6.32. The van der Waals surface area contributed by atoms with E-state index in [9.17, 15) is 23.2 Å². The summed E-state index contributed by atoms with van der Waals surface area (Å²) in [5, 5.41) is 2.39. The normalized spacial score (nSPS) is 12.0. The van der Waals surface area contributed by atoms with E-state index in [1.165, 1.54) is 13.8 Å². The smallest absolute Gasteiger partial charge is 0.266 e. The molecule has 9 heteroatoms. The Morgan fingerprint density at radius 1 is 1.23 bits per heavy atom. The van der Waals surface area contributed by atoms with Gasteiger partial charge in [-0.3, -0.25) is 14.4 Å². The van der Waals surface area contributed by atoms with Crippen LogP contribution in [0.15, 0.2) is 23.2 Å². The Bertz CT molecular complexity index is 733. The van der Waals surface area contributed by atoms with E-state index in [2.05, 4.69) is 10.3 Å². The largest absolute Gasteiger partial charge is 0.368 e. The Kier molecular flexibility index (Phi) is 7.51. The quantitative estimate of drug-likeness (QED) is 0.580. The number of amides is 3. The number of carbonyl (C=O) groups excluding carboxylic acids is 3. The molecular formula is C17H22F2N4O3. The predicted molar refractivity (Wildman–Crippen MR) is 92.2 cm³/mol. The van der Waals surface area contributed by atoms with Crippen LogP contribution in [0.4, 0.5) is 8.78 Å². The first-order valence-corrected chi connectivity index (χ1v) is 7.93. The molecule has 1 aromatic rings. The molecule has 0 aliphatic heterocycles. The van der Waals surface area contributed by atoms with Crippen molar-refractivity contribution in [1.82, 2.24) is 5.32 Å². The molecule has 26 heavy (non-hydrogen) atoms. The summed E-state index contributed by atoms with van der Waals surface area (Å²) in [7, 11) is 0. The summed E-state index contributed by atoms with van der Waals surface area (Å²) in [6, 6.07) is 2.81. The fourth-order valence-corrected chi connectivity index (χ4v) is 1.93. The number of aliphatic imine (C=N–C) groups is 1. The molecule has 1 aromatic carbocycles. The molecule has 0 aliphatic carbocycles. The number of nitrogens with two attached hydrogens (primary N) is 2. The Labute approximate surface area is 149 Å². The highest BCUT2D eigenvalue weighted by Gasteiger charge is 2.28. The van der Waals surface area contributed by atoms with Crippen LogP contribution in [0.1, 0.15) is 32.3 Å². The van der Waals surface area contributed by atoms with Crippen LogP contribution < -0.4 is 16.8 Å². The van der Waals surface area contributed by atoms with E-state index in [-0.39, 0.29) is 24.2 Å². The summed E-state index contributed by atoms with van der Waals surface area (Å²) in [5.41, 5.74) is 9.08. The zero-order valence-corrected chi connectivity index (χ0v) is 14.6. The fourth-order valence-electron chi connectivity index (χ4n) is 1.93. The van der Waals surface area contributed by atoms with Gasteiger partial charge in [0.25, 0.3) is 11.8 Å². The lowest BCUT2D eigenvalue weighted by atomic mass is 10.0. The maximum Gasteiger partial charge on any atom is 0.266 e. The molecule has 0 saturated carbocycles. The van der Waals surface area contributed by atoms with Crippen molar-refractivity contribution in [3.63, 3.8) is 0 Å². The molecule has 0 bridgehead atoms. The van der Waals surface area contributed by atoms with Gasteiger partial charge in [-0.05, 0) is 44.9 Å². The lowest BCUT2D eigenvalue weighted by Gasteiger charge is -2.22. The van der Waals surface area contributed by atoms with Crippen LogP contribution in [0.2, 0.25) is 0 Å². The molecule has 0 fully saturated rings. The van der Waals surface area contributed by atoms with Crippen molar-refractivity contribution in [2.45, 2.75) is 38.6 Å². The van der Waals surface area contributed by atoms with Gasteiger partial charge in [-0.1, -0.05) is 6.07 Å². The van der Waals surface area contributed by atoms with Gasteiger partial charge in [-0.25, -0.2) is 13.8 Å². The number of rotatable bonds is 8.